The number of Topliss-reactive ketones (excluding diaryl/α,β-unsaturated/α-hetero) is 1. The summed E-state index contributed by atoms with van der Waals surface area (Å²) < 4.78 is 11.2. The average molecular weight is 337 g/mol. The van der Waals surface area contributed by atoms with Gasteiger partial charge in [0.2, 0.25) is 0 Å². The zero-order valence-corrected chi connectivity index (χ0v) is 14.4. The number of aryl methyl sites for hydroxylation is 1. The molecule has 128 valence electrons. The first-order valence-corrected chi connectivity index (χ1v) is 8.08. The zero-order chi connectivity index (χ0) is 18.0. The van der Waals surface area contributed by atoms with Gasteiger partial charge < -0.3 is 14.5 Å². The van der Waals surface area contributed by atoms with Gasteiger partial charge in [0.25, 0.3) is 5.91 Å². The van der Waals surface area contributed by atoms with Crippen LogP contribution in [0, 0.1) is 6.92 Å². The SMILES string of the molecule is CCOc1ccc2oc(C(=O)Nc3ccc(C(C)=O)cc3)c(C)c2c1. The second-order valence-electron chi connectivity index (χ2n) is 5.73. The van der Waals surface area contributed by atoms with E-state index in [2.05, 4.69) is 5.32 Å². The van der Waals surface area contributed by atoms with Crippen molar-refractivity contribution in [3.63, 3.8) is 0 Å². The van der Waals surface area contributed by atoms with Gasteiger partial charge in [-0.2, -0.15) is 0 Å². The first-order valence-electron chi connectivity index (χ1n) is 8.08. The molecule has 3 aromatic rings. The maximum Gasteiger partial charge on any atom is 0.291 e. The van der Waals surface area contributed by atoms with E-state index < -0.39 is 0 Å². The molecular formula is C20H19NO4. The van der Waals surface area contributed by atoms with Crippen LogP contribution in [0.25, 0.3) is 11.0 Å². The molecule has 0 aliphatic rings. The lowest BCUT2D eigenvalue weighted by atomic mass is 10.1. The van der Waals surface area contributed by atoms with Gasteiger partial charge >= 0.3 is 0 Å². The van der Waals surface area contributed by atoms with Gasteiger partial charge in [-0.25, -0.2) is 0 Å². The summed E-state index contributed by atoms with van der Waals surface area (Å²) in [5.74, 6) is 0.656. The Morgan fingerprint density at radius 1 is 1.12 bits per heavy atom. The first kappa shape index (κ1) is 16.8. The van der Waals surface area contributed by atoms with E-state index in [1.54, 1.807) is 30.3 Å². The first-order chi connectivity index (χ1) is 12.0. The summed E-state index contributed by atoms with van der Waals surface area (Å²) in [6.45, 7) is 5.84. The van der Waals surface area contributed by atoms with Crippen molar-refractivity contribution in [3.05, 3.63) is 59.4 Å². The molecule has 3 rings (SSSR count). The van der Waals surface area contributed by atoms with Gasteiger partial charge in [-0.15, -0.1) is 0 Å². The number of amides is 1. The summed E-state index contributed by atoms with van der Waals surface area (Å²) in [6, 6.07) is 12.2. The quantitative estimate of drug-likeness (QED) is 0.691. The molecular weight excluding hydrogens is 318 g/mol. The number of carbonyl (C=O) groups excluding carboxylic acids is 2. The molecule has 0 aliphatic heterocycles. The van der Waals surface area contributed by atoms with Crippen molar-refractivity contribution in [1.82, 2.24) is 0 Å². The summed E-state index contributed by atoms with van der Waals surface area (Å²) in [6.07, 6.45) is 0. The van der Waals surface area contributed by atoms with Crippen molar-refractivity contribution >= 4 is 28.3 Å². The van der Waals surface area contributed by atoms with Crippen LogP contribution in [0.4, 0.5) is 5.69 Å². The van der Waals surface area contributed by atoms with E-state index in [1.165, 1.54) is 6.92 Å². The molecule has 1 aromatic heterocycles. The normalized spacial score (nSPS) is 10.7. The number of carbonyl (C=O) groups is 2. The number of benzene rings is 2. The van der Waals surface area contributed by atoms with Gasteiger partial charge in [-0.3, -0.25) is 9.59 Å². The molecule has 1 amide bonds. The largest absolute Gasteiger partial charge is 0.494 e. The van der Waals surface area contributed by atoms with Crippen LogP contribution in [-0.2, 0) is 0 Å². The highest BCUT2D eigenvalue weighted by molar-refractivity contribution is 6.06. The summed E-state index contributed by atoms with van der Waals surface area (Å²) in [4.78, 5) is 23.8. The number of ether oxygens (including phenoxy) is 1. The Bertz CT molecular complexity index is 938. The maximum atomic E-state index is 12.5. The lowest BCUT2D eigenvalue weighted by molar-refractivity contribution is 0.0995. The predicted molar refractivity (Wildman–Crippen MR) is 96.5 cm³/mol. The molecule has 0 saturated carbocycles. The predicted octanol–water partition coefficient (Wildman–Crippen LogP) is 4.59. The fourth-order valence-electron chi connectivity index (χ4n) is 2.65. The van der Waals surface area contributed by atoms with Crippen molar-refractivity contribution in [1.29, 1.82) is 0 Å². The molecule has 0 unspecified atom stereocenters. The third kappa shape index (κ3) is 3.40. The number of rotatable bonds is 5. The molecule has 0 bridgehead atoms. The third-order valence-corrected chi connectivity index (χ3v) is 3.97. The molecule has 0 fully saturated rings. The van der Waals surface area contributed by atoms with Crippen molar-refractivity contribution in [3.8, 4) is 5.75 Å². The highest BCUT2D eigenvalue weighted by Gasteiger charge is 2.18. The van der Waals surface area contributed by atoms with Crippen LogP contribution < -0.4 is 10.1 Å². The molecule has 5 heteroatoms. The maximum absolute atomic E-state index is 12.5. The fourth-order valence-corrected chi connectivity index (χ4v) is 2.65. The number of hydrogen-bond acceptors (Lipinski definition) is 4. The molecule has 5 nitrogen and oxygen atoms in total. The van der Waals surface area contributed by atoms with Crippen LogP contribution in [0.5, 0.6) is 5.75 Å². The lowest BCUT2D eigenvalue weighted by Gasteiger charge is -2.04. The van der Waals surface area contributed by atoms with Gasteiger partial charge in [0.1, 0.15) is 11.3 Å². The molecule has 0 aliphatic carbocycles. The highest BCUT2D eigenvalue weighted by atomic mass is 16.5. The van der Waals surface area contributed by atoms with Crippen LogP contribution in [0.15, 0.2) is 46.9 Å². The van der Waals surface area contributed by atoms with E-state index in [9.17, 15) is 9.59 Å². The van der Waals surface area contributed by atoms with Gasteiger partial charge in [-0.05, 0) is 63.2 Å². The van der Waals surface area contributed by atoms with Gasteiger partial charge in [0.15, 0.2) is 11.5 Å². The minimum atomic E-state index is -0.331. The van der Waals surface area contributed by atoms with Gasteiger partial charge in [0.05, 0.1) is 6.61 Å². The van der Waals surface area contributed by atoms with Crippen LogP contribution >= 0.6 is 0 Å². The highest BCUT2D eigenvalue weighted by Crippen LogP contribution is 2.29. The van der Waals surface area contributed by atoms with Crippen molar-refractivity contribution in [2.24, 2.45) is 0 Å². The molecule has 25 heavy (non-hydrogen) atoms. The van der Waals surface area contributed by atoms with Crippen LogP contribution in [-0.4, -0.2) is 18.3 Å². The Morgan fingerprint density at radius 3 is 2.48 bits per heavy atom. The molecule has 1 N–H and O–H groups in total. The molecule has 0 spiro atoms. The molecule has 2 aromatic carbocycles. The topological polar surface area (TPSA) is 68.5 Å². The molecule has 0 saturated heterocycles. The minimum Gasteiger partial charge on any atom is -0.494 e. The van der Waals surface area contributed by atoms with Crippen LogP contribution in [0.3, 0.4) is 0 Å². The Balaban J connectivity index is 1.86. The second kappa shape index (κ2) is 6.81. The smallest absolute Gasteiger partial charge is 0.291 e. The summed E-state index contributed by atoms with van der Waals surface area (Å²) in [5, 5.41) is 3.64. The van der Waals surface area contributed by atoms with E-state index in [4.69, 9.17) is 9.15 Å². The van der Waals surface area contributed by atoms with E-state index in [-0.39, 0.29) is 17.5 Å². The molecule has 0 atom stereocenters. The number of ketones is 1. The van der Waals surface area contributed by atoms with Crippen molar-refractivity contribution in [2.45, 2.75) is 20.8 Å². The number of anilines is 1. The number of hydrogen-bond donors (Lipinski definition) is 1. The van der Waals surface area contributed by atoms with Crippen LogP contribution in [0.1, 0.15) is 40.3 Å². The van der Waals surface area contributed by atoms with E-state index in [0.717, 1.165) is 16.7 Å². The number of furan rings is 1. The van der Waals surface area contributed by atoms with Crippen molar-refractivity contribution < 1.29 is 18.7 Å². The Kier molecular flexibility index (Phi) is 4.57. The number of nitrogens with one attached hydrogen (secondary N) is 1. The van der Waals surface area contributed by atoms with Crippen molar-refractivity contribution in [2.75, 3.05) is 11.9 Å². The minimum absolute atomic E-state index is 0.0175. The molecule has 0 radical (unpaired) electrons. The summed E-state index contributed by atoms with van der Waals surface area (Å²) >= 11 is 0. The Morgan fingerprint density at radius 2 is 1.84 bits per heavy atom. The second-order valence-corrected chi connectivity index (χ2v) is 5.73. The third-order valence-electron chi connectivity index (χ3n) is 3.97. The average Bonchev–Trinajstić information content (AvgIpc) is 2.92. The fraction of sp³-hybridized carbons (Fsp3) is 0.200. The number of fused-ring (bicyclic) bond motifs is 1. The standard InChI is InChI=1S/C20H19NO4/c1-4-24-16-9-10-18-17(11-16)12(2)19(25-18)20(23)21-15-7-5-14(6-8-15)13(3)22/h5-11H,4H2,1-3H3,(H,21,23). The van der Waals surface area contributed by atoms with Crippen LogP contribution in [0.2, 0.25) is 0 Å². The molecule has 1 heterocycles. The lowest BCUT2D eigenvalue weighted by Crippen LogP contribution is -2.12. The monoisotopic (exact) mass is 337 g/mol. The zero-order valence-electron chi connectivity index (χ0n) is 14.4. The van der Waals surface area contributed by atoms with E-state index in [1.807, 2.05) is 26.0 Å². The summed E-state index contributed by atoms with van der Waals surface area (Å²) in [7, 11) is 0. The Hall–Kier alpha value is -3.08. The Labute approximate surface area is 145 Å². The van der Waals surface area contributed by atoms with E-state index >= 15 is 0 Å². The van der Waals surface area contributed by atoms with Gasteiger partial charge in [0, 0.05) is 22.2 Å². The van der Waals surface area contributed by atoms with E-state index in [0.29, 0.717) is 23.4 Å². The van der Waals surface area contributed by atoms with Gasteiger partial charge in [-0.1, -0.05) is 0 Å². The summed E-state index contributed by atoms with van der Waals surface area (Å²) in [5.41, 5.74) is 2.60.